The molecule has 1 nitrogen and oxygen atoms in total. The van der Waals surface area contributed by atoms with Crippen LogP contribution >= 0.6 is 0 Å². The molecular weight excluding hydrogens is 122 g/mol. The van der Waals surface area contributed by atoms with Crippen molar-refractivity contribution in [3.05, 3.63) is 0 Å². The van der Waals surface area contributed by atoms with Crippen LogP contribution in [-0.2, 0) is 0 Å². The molecule has 0 aliphatic heterocycles. The van der Waals surface area contributed by atoms with Gasteiger partial charge in [-0.15, -0.1) is 0 Å². The first-order valence-electron chi connectivity index (χ1n) is 4.14. The Morgan fingerprint density at radius 1 is 1.60 bits per heavy atom. The zero-order valence-electron chi connectivity index (χ0n) is 6.43. The summed E-state index contributed by atoms with van der Waals surface area (Å²) in [7, 11) is 0. The van der Waals surface area contributed by atoms with Gasteiger partial charge in [-0.1, -0.05) is 6.92 Å². The van der Waals surface area contributed by atoms with Crippen molar-refractivity contribution >= 4 is 0 Å². The third-order valence-corrected chi connectivity index (χ3v) is 3.35. The molecule has 10 heavy (non-hydrogen) atoms. The van der Waals surface area contributed by atoms with Crippen molar-refractivity contribution < 1.29 is 0 Å². The molecular formula is C9H13N. The van der Waals surface area contributed by atoms with Gasteiger partial charge in [-0.25, -0.2) is 0 Å². The first kappa shape index (κ1) is 6.22. The zero-order valence-corrected chi connectivity index (χ0v) is 6.43. The molecule has 0 heterocycles. The first-order chi connectivity index (χ1) is 4.74. The summed E-state index contributed by atoms with van der Waals surface area (Å²) in [6, 6.07) is 2.38. The Hall–Kier alpha value is -0.510. The third kappa shape index (κ3) is 0.751. The molecule has 0 aromatic heterocycles. The van der Waals surface area contributed by atoms with Gasteiger partial charge in [0.2, 0.25) is 0 Å². The maximum Gasteiger partial charge on any atom is 0.0655 e. The van der Waals surface area contributed by atoms with Gasteiger partial charge in [-0.05, 0) is 37.0 Å². The van der Waals surface area contributed by atoms with Crippen LogP contribution in [-0.4, -0.2) is 0 Å². The monoisotopic (exact) mass is 135 g/mol. The summed E-state index contributed by atoms with van der Waals surface area (Å²) >= 11 is 0. The quantitative estimate of drug-likeness (QED) is 0.500. The lowest BCUT2D eigenvalue weighted by molar-refractivity contribution is 0.321. The number of fused-ring (bicyclic) bond motifs is 1. The molecule has 3 atom stereocenters. The van der Waals surface area contributed by atoms with Crippen LogP contribution in [0, 0.1) is 28.6 Å². The molecule has 0 aromatic carbocycles. The summed E-state index contributed by atoms with van der Waals surface area (Å²) in [5, 5.41) is 8.66. The molecule has 0 aromatic rings. The summed E-state index contributed by atoms with van der Waals surface area (Å²) in [6.45, 7) is 2.37. The maximum absolute atomic E-state index is 8.66. The van der Waals surface area contributed by atoms with Crippen molar-refractivity contribution in [1.82, 2.24) is 0 Å². The van der Waals surface area contributed by atoms with E-state index in [1.165, 1.54) is 19.3 Å². The van der Waals surface area contributed by atoms with Crippen LogP contribution in [0.4, 0.5) is 0 Å². The van der Waals surface area contributed by atoms with Gasteiger partial charge in [0.25, 0.3) is 0 Å². The van der Waals surface area contributed by atoms with Crippen LogP contribution in [0.5, 0.6) is 0 Å². The van der Waals surface area contributed by atoms with Crippen LogP contribution in [0.3, 0.4) is 0 Å². The van der Waals surface area contributed by atoms with Crippen molar-refractivity contribution in [2.45, 2.75) is 32.6 Å². The molecule has 0 amide bonds. The fourth-order valence-electron chi connectivity index (χ4n) is 2.26. The van der Waals surface area contributed by atoms with Crippen molar-refractivity contribution in [2.75, 3.05) is 0 Å². The highest BCUT2D eigenvalue weighted by molar-refractivity contribution is 5.06. The molecule has 0 spiro atoms. The normalized spacial score (nSPS) is 51.2. The van der Waals surface area contributed by atoms with E-state index in [1.807, 2.05) is 0 Å². The summed E-state index contributed by atoms with van der Waals surface area (Å²) in [5.41, 5.74) is 0.674. The van der Waals surface area contributed by atoms with Gasteiger partial charge in [0.15, 0.2) is 0 Å². The highest BCUT2D eigenvalue weighted by Crippen LogP contribution is 2.61. The molecule has 2 fully saturated rings. The Balaban J connectivity index is 2.00. The molecule has 0 radical (unpaired) electrons. The van der Waals surface area contributed by atoms with E-state index >= 15 is 0 Å². The molecule has 1 heteroatoms. The molecule has 1 unspecified atom stereocenters. The SMILES string of the molecule is C[C@]12CC[C@@H](C#N)CC1C2. The number of hydrogen-bond acceptors (Lipinski definition) is 1. The number of nitriles is 1. The zero-order chi connectivity index (χ0) is 7.19. The Bertz CT molecular complexity index is 191. The smallest absolute Gasteiger partial charge is 0.0655 e. The summed E-state index contributed by atoms with van der Waals surface area (Å²) in [6.07, 6.45) is 5.04. The lowest BCUT2D eigenvalue weighted by Gasteiger charge is -2.20. The fourth-order valence-corrected chi connectivity index (χ4v) is 2.26. The van der Waals surface area contributed by atoms with E-state index in [2.05, 4.69) is 13.0 Å². The summed E-state index contributed by atoms with van der Waals surface area (Å²) < 4.78 is 0. The maximum atomic E-state index is 8.66. The predicted molar refractivity (Wildman–Crippen MR) is 39.2 cm³/mol. The number of rotatable bonds is 0. The molecule has 0 saturated heterocycles. The minimum atomic E-state index is 0.389. The average Bonchev–Trinajstić information content (AvgIpc) is 2.59. The van der Waals surface area contributed by atoms with Crippen LogP contribution in [0.2, 0.25) is 0 Å². The Morgan fingerprint density at radius 3 is 3.00 bits per heavy atom. The summed E-state index contributed by atoms with van der Waals surface area (Å²) in [4.78, 5) is 0. The molecule has 2 aliphatic carbocycles. The van der Waals surface area contributed by atoms with Crippen molar-refractivity contribution in [3.63, 3.8) is 0 Å². The highest BCUT2D eigenvalue weighted by atomic mass is 14.6. The van der Waals surface area contributed by atoms with Gasteiger partial charge < -0.3 is 0 Å². The minimum Gasteiger partial charge on any atom is -0.198 e. The van der Waals surface area contributed by atoms with E-state index in [0.29, 0.717) is 11.3 Å². The van der Waals surface area contributed by atoms with Crippen LogP contribution in [0.1, 0.15) is 32.6 Å². The van der Waals surface area contributed by atoms with Gasteiger partial charge in [0, 0.05) is 5.92 Å². The van der Waals surface area contributed by atoms with Crippen molar-refractivity contribution in [2.24, 2.45) is 17.3 Å². The van der Waals surface area contributed by atoms with E-state index in [0.717, 1.165) is 12.3 Å². The topological polar surface area (TPSA) is 23.8 Å². The minimum absolute atomic E-state index is 0.389. The lowest BCUT2D eigenvalue weighted by Crippen LogP contribution is -2.12. The highest BCUT2D eigenvalue weighted by Gasteiger charge is 2.52. The second-order valence-corrected chi connectivity index (χ2v) is 4.16. The van der Waals surface area contributed by atoms with E-state index in [1.54, 1.807) is 0 Å². The van der Waals surface area contributed by atoms with Crippen molar-refractivity contribution in [1.29, 1.82) is 5.26 Å². The third-order valence-electron chi connectivity index (χ3n) is 3.35. The van der Waals surface area contributed by atoms with E-state index in [-0.39, 0.29) is 0 Å². The second kappa shape index (κ2) is 1.75. The summed E-state index contributed by atoms with van der Waals surface area (Å²) in [5.74, 6) is 1.30. The van der Waals surface area contributed by atoms with Gasteiger partial charge in [0.1, 0.15) is 0 Å². The Kier molecular flexibility index (Phi) is 1.09. The largest absolute Gasteiger partial charge is 0.198 e. The number of hydrogen-bond donors (Lipinski definition) is 0. The van der Waals surface area contributed by atoms with Crippen LogP contribution in [0.15, 0.2) is 0 Å². The van der Waals surface area contributed by atoms with E-state index in [9.17, 15) is 0 Å². The second-order valence-electron chi connectivity index (χ2n) is 4.16. The van der Waals surface area contributed by atoms with Crippen LogP contribution in [0.25, 0.3) is 0 Å². The van der Waals surface area contributed by atoms with Gasteiger partial charge in [-0.2, -0.15) is 5.26 Å². The van der Waals surface area contributed by atoms with Crippen molar-refractivity contribution in [3.8, 4) is 6.07 Å². The fraction of sp³-hybridized carbons (Fsp3) is 0.889. The molecule has 54 valence electrons. The molecule has 2 rings (SSSR count). The standard InChI is InChI=1S/C9H13N/c1-9-3-2-7(6-10)4-8(9)5-9/h7-8H,2-5H2,1H3/t7-,8?,9-/m1/s1. The van der Waals surface area contributed by atoms with Gasteiger partial charge in [-0.3, -0.25) is 0 Å². The first-order valence-corrected chi connectivity index (χ1v) is 4.14. The molecule has 0 N–H and O–H groups in total. The van der Waals surface area contributed by atoms with E-state index in [4.69, 9.17) is 5.26 Å². The number of nitrogens with zero attached hydrogens (tertiary/aromatic N) is 1. The molecule has 2 aliphatic rings. The van der Waals surface area contributed by atoms with Gasteiger partial charge in [0.05, 0.1) is 6.07 Å². The Morgan fingerprint density at radius 2 is 2.40 bits per heavy atom. The molecule has 0 bridgehead atoms. The predicted octanol–water partition coefficient (Wildman–Crippen LogP) is 2.34. The van der Waals surface area contributed by atoms with E-state index < -0.39 is 0 Å². The lowest BCUT2D eigenvalue weighted by atomic mass is 9.84. The molecule has 2 saturated carbocycles. The van der Waals surface area contributed by atoms with Gasteiger partial charge >= 0.3 is 0 Å². The van der Waals surface area contributed by atoms with Crippen LogP contribution < -0.4 is 0 Å². The average molecular weight is 135 g/mol. The Labute approximate surface area is 62.0 Å².